The van der Waals surface area contributed by atoms with Crippen LogP contribution in [0.2, 0.25) is 0 Å². The van der Waals surface area contributed by atoms with Crippen LogP contribution in [-0.4, -0.2) is 24.6 Å². The smallest absolute Gasteiger partial charge is 0.230 e. The van der Waals surface area contributed by atoms with Crippen molar-refractivity contribution in [3.8, 4) is 11.4 Å². The molecule has 0 bridgehead atoms. The molecule has 6 heteroatoms. The van der Waals surface area contributed by atoms with E-state index in [1.165, 1.54) is 0 Å². The zero-order valence-corrected chi connectivity index (χ0v) is 9.91. The lowest BCUT2D eigenvalue weighted by Gasteiger charge is -1.99. The number of rotatable bonds is 1. The molecule has 4 rings (SSSR count). The Morgan fingerprint density at radius 1 is 1.11 bits per heavy atom. The number of hydrogen-bond acceptors (Lipinski definition) is 4. The minimum absolute atomic E-state index is 0.701. The van der Waals surface area contributed by atoms with Gasteiger partial charge in [0.15, 0.2) is 5.82 Å². The molecule has 0 aliphatic carbocycles. The molecule has 0 atom stereocenters. The maximum absolute atomic E-state index is 5.85. The second-order valence-electron chi connectivity index (χ2n) is 4.30. The van der Waals surface area contributed by atoms with Gasteiger partial charge in [-0.15, -0.1) is 0 Å². The summed E-state index contributed by atoms with van der Waals surface area (Å²) in [6.07, 6.45) is 3.48. The lowest BCUT2D eigenvalue weighted by molar-refractivity contribution is 1.10. The Balaban J connectivity index is 2.12. The summed E-state index contributed by atoms with van der Waals surface area (Å²) in [6.45, 7) is 0. The summed E-state index contributed by atoms with van der Waals surface area (Å²) in [7, 11) is 0. The first-order valence-corrected chi connectivity index (χ1v) is 5.85. The molecular weight excluding hydrogens is 240 g/mol. The molecule has 6 nitrogen and oxygen atoms in total. The highest BCUT2D eigenvalue weighted by Crippen LogP contribution is 2.24. The van der Waals surface area contributed by atoms with Crippen LogP contribution in [0.25, 0.3) is 28.2 Å². The van der Waals surface area contributed by atoms with Crippen LogP contribution in [0.1, 0.15) is 0 Å². The Hall–Kier alpha value is -2.89. The van der Waals surface area contributed by atoms with E-state index in [-0.39, 0.29) is 0 Å². The summed E-state index contributed by atoms with van der Waals surface area (Å²) in [5.41, 5.74) is 9.36. The van der Waals surface area contributed by atoms with Gasteiger partial charge in [-0.25, -0.2) is 10.1 Å². The number of anilines is 1. The van der Waals surface area contributed by atoms with Gasteiger partial charge in [0.05, 0.1) is 11.0 Å². The number of fused-ring (bicyclic) bond motifs is 3. The van der Waals surface area contributed by atoms with Crippen molar-refractivity contribution in [3.63, 3.8) is 0 Å². The van der Waals surface area contributed by atoms with E-state index in [1.807, 2.05) is 34.7 Å². The van der Waals surface area contributed by atoms with Crippen molar-refractivity contribution in [1.82, 2.24) is 24.6 Å². The highest BCUT2D eigenvalue weighted by molar-refractivity contribution is 5.84. The second kappa shape index (κ2) is 3.55. The van der Waals surface area contributed by atoms with Crippen molar-refractivity contribution >= 4 is 22.5 Å². The molecule has 92 valence electrons. The number of nitrogens with one attached hydrogen (secondary N) is 1. The van der Waals surface area contributed by atoms with E-state index in [9.17, 15) is 0 Å². The molecule has 0 amide bonds. The molecule has 3 N–H and O–H groups in total. The molecule has 0 aliphatic rings. The van der Waals surface area contributed by atoms with E-state index < -0.39 is 0 Å². The summed E-state index contributed by atoms with van der Waals surface area (Å²) in [5.74, 6) is 1.50. The summed E-state index contributed by atoms with van der Waals surface area (Å²) >= 11 is 0. The van der Waals surface area contributed by atoms with Gasteiger partial charge < -0.3 is 5.73 Å². The third kappa shape index (κ3) is 1.40. The minimum Gasteiger partial charge on any atom is -0.399 e. The Morgan fingerprint density at radius 2 is 1.95 bits per heavy atom. The Bertz CT molecular complexity index is 874. The van der Waals surface area contributed by atoms with Crippen LogP contribution in [0, 0.1) is 0 Å². The number of H-pyrrole nitrogens is 1. The zero-order valence-electron chi connectivity index (χ0n) is 9.91. The molecule has 1 aromatic carbocycles. The number of hydrogen-bond donors (Lipinski definition) is 2. The third-order valence-electron chi connectivity index (χ3n) is 3.09. The van der Waals surface area contributed by atoms with E-state index >= 15 is 0 Å². The van der Waals surface area contributed by atoms with Gasteiger partial charge in [0.25, 0.3) is 0 Å². The Labute approximate surface area is 107 Å². The molecular formula is C13H10N6. The summed E-state index contributed by atoms with van der Waals surface area (Å²) < 4.78 is 1.96. The Morgan fingerprint density at radius 3 is 2.79 bits per heavy atom. The maximum atomic E-state index is 5.85. The van der Waals surface area contributed by atoms with Gasteiger partial charge in [0.2, 0.25) is 5.78 Å². The molecule has 0 fully saturated rings. The quantitative estimate of drug-likeness (QED) is 0.505. The molecule has 4 aromatic rings. The van der Waals surface area contributed by atoms with Crippen LogP contribution in [-0.2, 0) is 0 Å². The molecule has 0 saturated carbocycles. The van der Waals surface area contributed by atoms with E-state index in [2.05, 4.69) is 20.2 Å². The normalized spacial score (nSPS) is 11.4. The first-order valence-electron chi connectivity index (χ1n) is 5.85. The highest BCUT2D eigenvalue weighted by atomic mass is 15.3. The predicted molar refractivity (Wildman–Crippen MR) is 72.5 cm³/mol. The number of nitrogen functional groups attached to an aromatic ring is 1. The molecule has 19 heavy (non-hydrogen) atoms. The number of pyridine rings is 1. The van der Waals surface area contributed by atoms with E-state index in [1.54, 1.807) is 12.4 Å². The van der Waals surface area contributed by atoms with Gasteiger partial charge in [0.1, 0.15) is 0 Å². The van der Waals surface area contributed by atoms with Crippen LogP contribution in [0.3, 0.4) is 0 Å². The SMILES string of the molecule is Nc1ccc2nc3[nH]nc(-c4ccncc4)n3c2c1. The largest absolute Gasteiger partial charge is 0.399 e. The lowest BCUT2D eigenvalue weighted by Crippen LogP contribution is -1.89. The monoisotopic (exact) mass is 250 g/mol. The maximum Gasteiger partial charge on any atom is 0.230 e. The lowest BCUT2D eigenvalue weighted by atomic mass is 10.2. The summed E-state index contributed by atoms with van der Waals surface area (Å²) in [5, 5.41) is 7.25. The predicted octanol–water partition coefficient (Wildman–Crippen LogP) is 1.85. The molecule has 0 spiro atoms. The first-order chi connectivity index (χ1) is 9.33. The fraction of sp³-hybridized carbons (Fsp3) is 0. The Kier molecular flexibility index (Phi) is 1.88. The van der Waals surface area contributed by atoms with Gasteiger partial charge in [-0.2, -0.15) is 5.10 Å². The topological polar surface area (TPSA) is 84.9 Å². The van der Waals surface area contributed by atoms with E-state index in [4.69, 9.17) is 5.73 Å². The number of aromatic amines is 1. The standard InChI is InChI=1S/C13H10N6/c14-9-1-2-10-11(7-9)19-12(17-18-13(19)16-10)8-3-5-15-6-4-8/h1-7H,14H2,(H,16,18). The zero-order chi connectivity index (χ0) is 12.8. The average molecular weight is 250 g/mol. The minimum atomic E-state index is 0.701. The highest BCUT2D eigenvalue weighted by Gasteiger charge is 2.13. The first kappa shape index (κ1) is 10.1. The fourth-order valence-corrected chi connectivity index (χ4v) is 2.23. The summed E-state index contributed by atoms with van der Waals surface area (Å²) in [4.78, 5) is 8.49. The van der Waals surface area contributed by atoms with Crippen molar-refractivity contribution in [1.29, 1.82) is 0 Å². The average Bonchev–Trinajstić information content (AvgIpc) is 2.99. The van der Waals surface area contributed by atoms with Crippen LogP contribution in [0.15, 0.2) is 42.7 Å². The van der Waals surface area contributed by atoms with Crippen molar-refractivity contribution in [2.45, 2.75) is 0 Å². The fourth-order valence-electron chi connectivity index (χ4n) is 2.23. The summed E-state index contributed by atoms with van der Waals surface area (Å²) in [6, 6.07) is 9.47. The van der Waals surface area contributed by atoms with E-state index in [0.717, 1.165) is 22.4 Å². The molecule has 3 aromatic heterocycles. The van der Waals surface area contributed by atoms with Gasteiger partial charge in [-0.05, 0) is 30.3 Å². The number of nitrogens with zero attached hydrogens (tertiary/aromatic N) is 4. The van der Waals surface area contributed by atoms with Crippen molar-refractivity contribution in [2.24, 2.45) is 0 Å². The number of aromatic nitrogens is 5. The molecule has 0 saturated heterocycles. The number of benzene rings is 1. The molecule has 0 unspecified atom stereocenters. The molecule has 0 radical (unpaired) electrons. The second-order valence-corrected chi connectivity index (χ2v) is 4.30. The van der Waals surface area contributed by atoms with Crippen molar-refractivity contribution in [2.75, 3.05) is 5.73 Å². The van der Waals surface area contributed by atoms with Gasteiger partial charge >= 0.3 is 0 Å². The van der Waals surface area contributed by atoms with E-state index in [0.29, 0.717) is 11.5 Å². The van der Waals surface area contributed by atoms with Crippen LogP contribution >= 0.6 is 0 Å². The molecule has 0 aliphatic heterocycles. The third-order valence-corrected chi connectivity index (χ3v) is 3.09. The van der Waals surface area contributed by atoms with Crippen LogP contribution in [0.4, 0.5) is 5.69 Å². The van der Waals surface area contributed by atoms with Gasteiger partial charge in [0, 0.05) is 23.6 Å². The van der Waals surface area contributed by atoms with Crippen molar-refractivity contribution in [3.05, 3.63) is 42.7 Å². The number of nitrogens with two attached hydrogens (primary N) is 1. The van der Waals surface area contributed by atoms with Crippen LogP contribution in [0.5, 0.6) is 0 Å². The van der Waals surface area contributed by atoms with Crippen molar-refractivity contribution < 1.29 is 0 Å². The van der Waals surface area contributed by atoms with Crippen LogP contribution < -0.4 is 5.73 Å². The number of imidazole rings is 1. The van der Waals surface area contributed by atoms with Gasteiger partial charge in [-0.3, -0.25) is 9.38 Å². The van der Waals surface area contributed by atoms with Gasteiger partial charge in [-0.1, -0.05) is 0 Å². The molecule has 3 heterocycles.